The molecule has 2 heterocycles. The van der Waals surface area contributed by atoms with E-state index >= 15 is 0 Å². The van der Waals surface area contributed by atoms with Gasteiger partial charge in [-0.25, -0.2) is 9.37 Å². The van der Waals surface area contributed by atoms with Gasteiger partial charge in [0.25, 0.3) is 0 Å². The normalized spacial score (nSPS) is 13.1. The predicted octanol–water partition coefficient (Wildman–Crippen LogP) is 4.32. The molecule has 4 rings (SSSR count). The van der Waals surface area contributed by atoms with Gasteiger partial charge < -0.3 is 0 Å². The highest BCUT2D eigenvalue weighted by atomic mass is 35.5. The molecule has 1 aromatic heterocycles. The summed E-state index contributed by atoms with van der Waals surface area (Å²) in [5.74, 6) is 0.576. The third kappa shape index (κ3) is 2.26. The molecule has 0 spiro atoms. The highest BCUT2D eigenvalue weighted by molar-refractivity contribution is 6.31. The molecule has 0 amide bonds. The molecule has 114 valence electrons. The highest BCUT2D eigenvalue weighted by Gasteiger charge is 2.22. The van der Waals surface area contributed by atoms with Crippen molar-refractivity contribution in [1.29, 1.82) is 0 Å². The van der Waals surface area contributed by atoms with Gasteiger partial charge in [0.2, 0.25) is 0 Å². The largest absolute Gasteiger partial charge is 0.298 e. The van der Waals surface area contributed by atoms with E-state index in [1.54, 1.807) is 12.1 Å². The van der Waals surface area contributed by atoms with Gasteiger partial charge in [0.05, 0.1) is 29.8 Å². The minimum atomic E-state index is -0.293. The number of halogens is 2. The van der Waals surface area contributed by atoms with E-state index in [1.165, 1.54) is 6.07 Å². The van der Waals surface area contributed by atoms with Crippen molar-refractivity contribution in [2.24, 2.45) is 4.99 Å². The summed E-state index contributed by atoms with van der Waals surface area (Å²) in [7, 11) is 0. The number of rotatable bonds is 1. The molecule has 0 unspecified atom stereocenters. The van der Waals surface area contributed by atoms with Crippen LogP contribution in [0.25, 0.3) is 5.69 Å². The smallest absolute Gasteiger partial charge is 0.132 e. The molecule has 0 aliphatic carbocycles. The Morgan fingerprint density at radius 3 is 2.78 bits per heavy atom. The highest BCUT2D eigenvalue weighted by Crippen LogP contribution is 2.29. The van der Waals surface area contributed by atoms with Crippen LogP contribution < -0.4 is 0 Å². The maximum atomic E-state index is 14.3. The van der Waals surface area contributed by atoms with E-state index in [1.807, 2.05) is 42.0 Å². The Labute approximate surface area is 138 Å². The second-order valence-electron chi connectivity index (χ2n) is 5.44. The van der Waals surface area contributed by atoms with E-state index in [-0.39, 0.29) is 5.82 Å². The van der Waals surface area contributed by atoms with Crippen LogP contribution >= 0.6 is 11.6 Å². The van der Waals surface area contributed by atoms with Gasteiger partial charge in [0.1, 0.15) is 11.6 Å². The van der Waals surface area contributed by atoms with Crippen molar-refractivity contribution < 1.29 is 4.39 Å². The van der Waals surface area contributed by atoms with Gasteiger partial charge in [-0.1, -0.05) is 23.7 Å². The summed E-state index contributed by atoms with van der Waals surface area (Å²) in [6.45, 7) is 2.38. The standard InChI is InChI=1S/C18H13ClFN3/c1-11-21-9-13-10-22-18(14-4-2-3-5-16(14)20)15-8-12(19)6-7-17(15)23(11)13/h2-9H,10H2,1H3/i1+1,11+1,13+1. The van der Waals surface area contributed by atoms with Gasteiger partial charge in [-0.15, -0.1) is 0 Å². The van der Waals surface area contributed by atoms with E-state index in [4.69, 9.17) is 11.6 Å². The van der Waals surface area contributed by atoms with Gasteiger partial charge in [0, 0.05) is 16.1 Å². The average molecular weight is 329 g/mol. The van der Waals surface area contributed by atoms with Crippen LogP contribution in [-0.2, 0) is 6.54 Å². The molecule has 0 radical (unpaired) electrons. The van der Waals surface area contributed by atoms with Gasteiger partial charge in [0.15, 0.2) is 0 Å². The van der Waals surface area contributed by atoms with Crippen LogP contribution in [0.4, 0.5) is 4.39 Å². The molecule has 0 fully saturated rings. The van der Waals surface area contributed by atoms with Crippen molar-refractivity contribution >= 4 is 17.3 Å². The molecule has 2 aromatic carbocycles. The molecule has 3 aromatic rings. The second-order valence-corrected chi connectivity index (χ2v) is 5.87. The number of nitrogens with zero attached hydrogens (tertiary/aromatic N) is 3. The monoisotopic (exact) mass is 328 g/mol. The number of hydrogen-bond acceptors (Lipinski definition) is 2. The Hall–Kier alpha value is -2.46. The number of imidazole rings is 1. The molecule has 1 aliphatic heterocycles. The molecule has 3 nitrogen and oxygen atoms in total. The van der Waals surface area contributed by atoms with E-state index in [2.05, 4.69) is 9.98 Å². The molecule has 5 heteroatoms. The van der Waals surface area contributed by atoms with Crippen molar-refractivity contribution in [3.63, 3.8) is 0 Å². The van der Waals surface area contributed by atoms with Gasteiger partial charge >= 0.3 is 0 Å². The van der Waals surface area contributed by atoms with Crippen LogP contribution in [0.5, 0.6) is 0 Å². The molecule has 0 bridgehead atoms. The van der Waals surface area contributed by atoms with Crippen LogP contribution in [0.15, 0.2) is 53.7 Å². The summed E-state index contributed by atoms with van der Waals surface area (Å²) in [4.78, 5) is 9.01. The summed E-state index contributed by atoms with van der Waals surface area (Å²) in [5.41, 5.74) is 3.79. The summed E-state index contributed by atoms with van der Waals surface area (Å²) < 4.78 is 16.3. The lowest BCUT2D eigenvalue weighted by molar-refractivity contribution is 0.625. The Morgan fingerprint density at radius 1 is 1.13 bits per heavy atom. The zero-order valence-corrected chi connectivity index (χ0v) is 13.2. The molecule has 1 aliphatic rings. The number of fused-ring (bicyclic) bond motifs is 3. The fourth-order valence-corrected chi connectivity index (χ4v) is 3.13. The van der Waals surface area contributed by atoms with Crippen molar-refractivity contribution in [3.05, 3.63) is 82.1 Å². The van der Waals surface area contributed by atoms with Crippen molar-refractivity contribution in [1.82, 2.24) is 9.55 Å². The van der Waals surface area contributed by atoms with E-state index < -0.39 is 0 Å². The first-order valence-corrected chi connectivity index (χ1v) is 7.66. The molecular formula is C18H13ClFN3. The third-order valence-corrected chi connectivity index (χ3v) is 4.23. The first-order valence-electron chi connectivity index (χ1n) is 7.28. The van der Waals surface area contributed by atoms with Crippen LogP contribution in [0.2, 0.25) is 5.02 Å². The Bertz CT molecular complexity index is 943. The number of hydrogen-bond donors (Lipinski definition) is 0. The lowest BCUT2D eigenvalue weighted by atomic mass is 10.00. The summed E-state index contributed by atoms with van der Waals surface area (Å²) in [6.07, 6.45) is 1.81. The first-order chi connectivity index (χ1) is 11.1. The zero-order chi connectivity index (χ0) is 16.0. The van der Waals surface area contributed by atoms with E-state index in [0.717, 1.165) is 22.8 Å². The number of benzene rings is 2. The number of aromatic nitrogens is 2. The van der Waals surface area contributed by atoms with Crippen LogP contribution in [0.1, 0.15) is 22.6 Å². The Morgan fingerprint density at radius 2 is 1.96 bits per heavy atom. The topological polar surface area (TPSA) is 30.2 Å². The fraction of sp³-hybridized carbons (Fsp3) is 0.111. The molecule has 0 saturated carbocycles. The van der Waals surface area contributed by atoms with E-state index in [9.17, 15) is 4.39 Å². The SMILES string of the molecule is [13CH3][13c]1nc[13c]2n1-c1ccc(Cl)cc1C(c1ccccc1F)=NC2. The molecule has 0 atom stereocenters. The molecule has 0 saturated heterocycles. The summed E-state index contributed by atoms with van der Waals surface area (Å²) in [6, 6.07) is 12.3. The summed E-state index contributed by atoms with van der Waals surface area (Å²) in [5, 5.41) is 0.592. The number of aryl methyl sites for hydroxylation is 1. The molecule has 0 N–H and O–H groups in total. The lowest BCUT2D eigenvalue weighted by Gasteiger charge is -2.14. The quantitative estimate of drug-likeness (QED) is 0.612. The van der Waals surface area contributed by atoms with Crippen molar-refractivity contribution in [2.75, 3.05) is 0 Å². The number of aliphatic imine (C=N–C) groups is 1. The zero-order valence-electron chi connectivity index (χ0n) is 12.4. The van der Waals surface area contributed by atoms with E-state index in [0.29, 0.717) is 22.8 Å². The minimum absolute atomic E-state index is 0.293. The van der Waals surface area contributed by atoms with Gasteiger partial charge in [-0.2, -0.15) is 0 Å². The Balaban J connectivity index is 2.03. The van der Waals surface area contributed by atoms with Gasteiger partial charge in [-0.3, -0.25) is 9.56 Å². The average Bonchev–Trinajstić information content (AvgIpc) is 2.82. The lowest BCUT2D eigenvalue weighted by Crippen LogP contribution is -2.09. The third-order valence-electron chi connectivity index (χ3n) is 3.99. The van der Waals surface area contributed by atoms with Crippen LogP contribution in [-0.4, -0.2) is 15.3 Å². The van der Waals surface area contributed by atoms with Crippen molar-refractivity contribution in [3.8, 4) is 5.69 Å². The molecule has 23 heavy (non-hydrogen) atoms. The summed E-state index contributed by atoms with van der Waals surface area (Å²) >= 11 is 6.19. The first kappa shape index (κ1) is 14.2. The Kier molecular flexibility index (Phi) is 3.27. The maximum absolute atomic E-state index is 14.3. The molecular weight excluding hydrogens is 316 g/mol. The predicted molar refractivity (Wildman–Crippen MR) is 89.1 cm³/mol. The van der Waals surface area contributed by atoms with Gasteiger partial charge in [-0.05, 0) is 37.3 Å². The van der Waals surface area contributed by atoms with Crippen molar-refractivity contribution in [2.45, 2.75) is 13.5 Å². The second kappa shape index (κ2) is 5.32. The van der Waals surface area contributed by atoms with Crippen LogP contribution in [0.3, 0.4) is 0 Å². The fourth-order valence-electron chi connectivity index (χ4n) is 2.95. The minimum Gasteiger partial charge on any atom is -0.298 e. The van der Waals surface area contributed by atoms with Crippen LogP contribution in [0, 0.1) is 12.7 Å². The maximum Gasteiger partial charge on any atom is 0.132 e.